The summed E-state index contributed by atoms with van der Waals surface area (Å²) in [6, 6.07) is 8.59. The number of benzene rings is 1. The molecule has 0 aliphatic heterocycles. The van der Waals surface area contributed by atoms with E-state index in [2.05, 4.69) is 43.8 Å². The smallest absolute Gasteiger partial charge is 0.00724 e. The zero-order valence-corrected chi connectivity index (χ0v) is 8.29. The third kappa shape index (κ3) is 3.21. The van der Waals surface area contributed by atoms with Crippen LogP contribution < -0.4 is 0 Å². The second-order valence-electron chi connectivity index (χ2n) is 2.39. The van der Waals surface area contributed by atoms with Gasteiger partial charge in [-0.25, -0.2) is 0 Å². The topological polar surface area (TPSA) is 0 Å². The molecule has 0 amide bonds. The number of thiol groups is 1. The maximum atomic E-state index is 4.15. The average molecular weight is 184 g/mol. The Labute approximate surface area is 77.8 Å². The zero-order chi connectivity index (χ0) is 8.10. The molecule has 0 nitrogen and oxygen atoms in total. The van der Waals surface area contributed by atoms with Crippen LogP contribution in [0.1, 0.15) is 5.56 Å². The number of aryl methyl sites for hydroxylation is 1. The molecule has 1 rings (SSSR count). The Morgan fingerprint density at radius 1 is 1.27 bits per heavy atom. The van der Waals surface area contributed by atoms with Crippen LogP contribution in [0.3, 0.4) is 0 Å². The first-order valence-corrected chi connectivity index (χ1v) is 5.25. The molecule has 0 spiro atoms. The molecule has 0 atom stereocenters. The molecule has 0 saturated carbocycles. The van der Waals surface area contributed by atoms with Gasteiger partial charge in [0.1, 0.15) is 0 Å². The fourth-order valence-electron chi connectivity index (χ4n) is 0.798. The van der Waals surface area contributed by atoms with Crippen LogP contribution in [0.15, 0.2) is 29.2 Å². The molecule has 60 valence electrons. The monoisotopic (exact) mass is 184 g/mol. The highest BCUT2D eigenvalue weighted by molar-refractivity contribution is 8.00. The molecule has 0 N–H and O–H groups in total. The van der Waals surface area contributed by atoms with Crippen molar-refractivity contribution >= 4 is 24.4 Å². The van der Waals surface area contributed by atoms with Gasteiger partial charge in [0.25, 0.3) is 0 Å². The Morgan fingerprint density at radius 3 is 2.45 bits per heavy atom. The number of thioether (sulfide) groups is 1. The fourth-order valence-corrected chi connectivity index (χ4v) is 1.73. The lowest BCUT2D eigenvalue weighted by Crippen LogP contribution is -1.79. The molecular weight excluding hydrogens is 172 g/mol. The van der Waals surface area contributed by atoms with Gasteiger partial charge in [-0.1, -0.05) is 17.7 Å². The van der Waals surface area contributed by atoms with Crippen LogP contribution in [0.2, 0.25) is 0 Å². The van der Waals surface area contributed by atoms with Crippen LogP contribution >= 0.6 is 24.4 Å². The van der Waals surface area contributed by atoms with Crippen molar-refractivity contribution in [1.29, 1.82) is 0 Å². The molecule has 0 radical (unpaired) electrons. The Kier molecular flexibility index (Phi) is 3.87. The zero-order valence-electron chi connectivity index (χ0n) is 6.58. The lowest BCUT2D eigenvalue weighted by Gasteiger charge is -1.98. The van der Waals surface area contributed by atoms with Crippen LogP contribution in [-0.2, 0) is 0 Å². The van der Waals surface area contributed by atoms with Gasteiger partial charge in [0.2, 0.25) is 0 Å². The first kappa shape index (κ1) is 9.01. The van der Waals surface area contributed by atoms with E-state index in [9.17, 15) is 0 Å². The number of rotatable bonds is 3. The van der Waals surface area contributed by atoms with Gasteiger partial charge in [0.05, 0.1) is 0 Å². The Balaban J connectivity index is 2.52. The van der Waals surface area contributed by atoms with Crippen LogP contribution in [0.4, 0.5) is 0 Å². The first-order valence-electron chi connectivity index (χ1n) is 3.63. The van der Waals surface area contributed by atoms with Crippen molar-refractivity contribution in [1.82, 2.24) is 0 Å². The average Bonchev–Trinajstić information content (AvgIpc) is 2.04. The molecule has 11 heavy (non-hydrogen) atoms. The summed E-state index contributed by atoms with van der Waals surface area (Å²) in [6.45, 7) is 2.10. The maximum absolute atomic E-state index is 4.15. The SMILES string of the molecule is Cc1ccc(SCCS)cc1. The van der Waals surface area contributed by atoms with Crippen LogP contribution in [0.25, 0.3) is 0 Å². The van der Waals surface area contributed by atoms with Crippen molar-refractivity contribution in [3.63, 3.8) is 0 Å². The summed E-state index contributed by atoms with van der Waals surface area (Å²) in [5, 5.41) is 0. The van der Waals surface area contributed by atoms with Crippen LogP contribution in [0, 0.1) is 6.92 Å². The third-order valence-corrected chi connectivity index (χ3v) is 2.92. The van der Waals surface area contributed by atoms with E-state index in [1.165, 1.54) is 10.5 Å². The summed E-state index contributed by atoms with van der Waals surface area (Å²) >= 11 is 6.00. The molecule has 0 aliphatic rings. The Morgan fingerprint density at radius 2 is 1.91 bits per heavy atom. The predicted molar refractivity (Wildman–Crippen MR) is 55.8 cm³/mol. The van der Waals surface area contributed by atoms with Gasteiger partial charge in [-0.3, -0.25) is 0 Å². The van der Waals surface area contributed by atoms with Crippen molar-refractivity contribution in [3.05, 3.63) is 29.8 Å². The quantitative estimate of drug-likeness (QED) is 0.556. The minimum atomic E-state index is 0.943. The summed E-state index contributed by atoms with van der Waals surface area (Å²) in [7, 11) is 0. The minimum absolute atomic E-state index is 0.943. The molecule has 0 heterocycles. The van der Waals surface area contributed by atoms with E-state index in [-0.39, 0.29) is 0 Å². The Bertz CT molecular complexity index is 203. The van der Waals surface area contributed by atoms with E-state index in [1.807, 2.05) is 11.8 Å². The van der Waals surface area contributed by atoms with Gasteiger partial charge >= 0.3 is 0 Å². The van der Waals surface area contributed by atoms with E-state index in [1.54, 1.807) is 0 Å². The second kappa shape index (κ2) is 4.73. The van der Waals surface area contributed by atoms with Crippen molar-refractivity contribution in [2.75, 3.05) is 11.5 Å². The molecule has 0 aliphatic carbocycles. The second-order valence-corrected chi connectivity index (χ2v) is 4.00. The molecular formula is C9H12S2. The lowest BCUT2D eigenvalue weighted by atomic mass is 10.2. The molecule has 0 unspecified atom stereocenters. The van der Waals surface area contributed by atoms with Gasteiger partial charge in [0.15, 0.2) is 0 Å². The van der Waals surface area contributed by atoms with E-state index in [0.717, 1.165) is 11.5 Å². The van der Waals surface area contributed by atoms with Gasteiger partial charge in [-0.05, 0) is 24.8 Å². The number of hydrogen-bond acceptors (Lipinski definition) is 2. The standard InChI is InChI=1S/C9H12S2/c1-8-2-4-9(5-3-8)11-7-6-10/h2-5,10H,6-7H2,1H3. The minimum Gasteiger partial charge on any atom is -0.178 e. The van der Waals surface area contributed by atoms with Crippen molar-refractivity contribution in [3.8, 4) is 0 Å². The lowest BCUT2D eigenvalue weighted by molar-refractivity contribution is 1.37. The largest absolute Gasteiger partial charge is 0.178 e. The first-order chi connectivity index (χ1) is 5.33. The molecule has 0 fully saturated rings. The van der Waals surface area contributed by atoms with Crippen LogP contribution in [-0.4, -0.2) is 11.5 Å². The van der Waals surface area contributed by atoms with E-state index >= 15 is 0 Å². The molecule has 0 aromatic heterocycles. The summed E-state index contributed by atoms with van der Waals surface area (Å²) < 4.78 is 0. The summed E-state index contributed by atoms with van der Waals surface area (Å²) in [6.07, 6.45) is 0. The predicted octanol–water partition coefficient (Wildman–Crippen LogP) is 3.02. The van der Waals surface area contributed by atoms with Gasteiger partial charge in [-0.15, -0.1) is 11.8 Å². The Hall–Kier alpha value is -0.0800. The molecule has 1 aromatic rings. The molecule has 2 heteroatoms. The van der Waals surface area contributed by atoms with Crippen LogP contribution in [0.5, 0.6) is 0 Å². The molecule has 0 bridgehead atoms. The fraction of sp³-hybridized carbons (Fsp3) is 0.333. The molecule has 0 saturated heterocycles. The summed E-state index contributed by atoms with van der Waals surface area (Å²) in [5.74, 6) is 2.03. The summed E-state index contributed by atoms with van der Waals surface area (Å²) in [4.78, 5) is 1.34. The van der Waals surface area contributed by atoms with E-state index in [4.69, 9.17) is 0 Å². The molecule has 1 aromatic carbocycles. The highest BCUT2D eigenvalue weighted by Crippen LogP contribution is 2.17. The van der Waals surface area contributed by atoms with E-state index in [0.29, 0.717) is 0 Å². The third-order valence-electron chi connectivity index (χ3n) is 1.38. The number of hydrogen-bond donors (Lipinski definition) is 1. The van der Waals surface area contributed by atoms with Crippen molar-refractivity contribution in [2.45, 2.75) is 11.8 Å². The van der Waals surface area contributed by atoms with Crippen molar-refractivity contribution < 1.29 is 0 Å². The highest BCUT2D eigenvalue weighted by Gasteiger charge is 1.90. The van der Waals surface area contributed by atoms with Gasteiger partial charge in [0, 0.05) is 10.6 Å². The van der Waals surface area contributed by atoms with E-state index < -0.39 is 0 Å². The van der Waals surface area contributed by atoms with Gasteiger partial charge < -0.3 is 0 Å². The highest BCUT2D eigenvalue weighted by atomic mass is 32.2. The van der Waals surface area contributed by atoms with Gasteiger partial charge in [-0.2, -0.15) is 12.6 Å². The van der Waals surface area contributed by atoms with Crippen molar-refractivity contribution in [2.24, 2.45) is 0 Å². The summed E-state index contributed by atoms with van der Waals surface area (Å²) in [5.41, 5.74) is 1.32. The maximum Gasteiger partial charge on any atom is 0.00724 e. The normalized spacial score (nSPS) is 10.0.